The zero-order chi connectivity index (χ0) is 37.5. The van der Waals surface area contributed by atoms with Crippen molar-refractivity contribution in [3.63, 3.8) is 0 Å². The van der Waals surface area contributed by atoms with Crippen LogP contribution in [0.3, 0.4) is 0 Å². The first kappa shape index (κ1) is 37.4. The average molecular weight is 712 g/mol. The van der Waals surface area contributed by atoms with E-state index in [0.717, 1.165) is 27.7 Å². The lowest BCUT2D eigenvalue weighted by atomic mass is 9.45. The van der Waals surface area contributed by atoms with E-state index in [9.17, 15) is 33.9 Å². The van der Waals surface area contributed by atoms with Gasteiger partial charge in [0.25, 0.3) is 0 Å². The number of carbonyl (C=O) groups is 6. The van der Waals surface area contributed by atoms with Gasteiger partial charge in [0.05, 0.1) is 28.2 Å². The van der Waals surface area contributed by atoms with Gasteiger partial charge >= 0.3 is 35.8 Å². The number of ether oxygens (including phenoxy) is 7. The van der Waals surface area contributed by atoms with Gasteiger partial charge in [-0.2, -0.15) is 0 Å². The second-order valence-electron chi connectivity index (χ2n) is 13.8. The number of fused-ring (bicyclic) bond motifs is 1. The van der Waals surface area contributed by atoms with Crippen molar-refractivity contribution in [2.24, 2.45) is 11.3 Å². The quantitative estimate of drug-likeness (QED) is 0.294. The Bertz CT molecular complexity index is 1690. The molecule has 2 bridgehead atoms. The third-order valence-corrected chi connectivity index (χ3v) is 9.85. The molecular weight excluding hydrogens is 670 g/mol. The number of aromatic nitrogens is 1. The monoisotopic (exact) mass is 711 g/mol. The molecule has 2 aromatic rings. The molecule has 0 radical (unpaired) electrons. The Balaban J connectivity index is 1.90. The smallest absolute Gasteiger partial charge is 0.340 e. The van der Waals surface area contributed by atoms with Gasteiger partial charge in [-0.05, 0) is 45.0 Å². The van der Waals surface area contributed by atoms with E-state index in [1.807, 2.05) is 0 Å². The van der Waals surface area contributed by atoms with E-state index in [-0.39, 0.29) is 11.1 Å². The zero-order valence-corrected chi connectivity index (χ0v) is 29.3. The molecule has 1 N–H and O–H groups in total. The zero-order valence-electron chi connectivity index (χ0n) is 29.3. The number of hydrogen-bond donors (Lipinski definition) is 1. The van der Waals surface area contributed by atoms with Crippen molar-refractivity contribution < 1.29 is 67.0 Å². The van der Waals surface area contributed by atoms with Crippen LogP contribution in [-0.2, 0) is 52.3 Å². The van der Waals surface area contributed by atoms with E-state index in [1.54, 1.807) is 32.0 Å². The van der Waals surface area contributed by atoms with Crippen LogP contribution in [0.15, 0.2) is 54.9 Å². The molecule has 51 heavy (non-hydrogen) atoms. The van der Waals surface area contributed by atoms with Gasteiger partial charge in [-0.15, -0.1) is 0 Å². The summed E-state index contributed by atoms with van der Waals surface area (Å²) in [4.78, 5) is 83.2. The molecule has 1 aromatic carbocycles. The fraction of sp³-hybridized carbons (Fsp3) is 0.528. The van der Waals surface area contributed by atoms with Gasteiger partial charge in [0, 0.05) is 46.5 Å². The van der Waals surface area contributed by atoms with Gasteiger partial charge in [0.1, 0.15) is 30.3 Å². The first-order chi connectivity index (χ1) is 23.9. The maximum absolute atomic E-state index is 14.1. The largest absolute Gasteiger partial charge is 0.465 e. The lowest BCUT2D eigenvalue weighted by Gasteiger charge is -2.66. The fourth-order valence-corrected chi connectivity index (χ4v) is 8.30. The van der Waals surface area contributed by atoms with Gasteiger partial charge in [-0.3, -0.25) is 24.2 Å². The summed E-state index contributed by atoms with van der Waals surface area (Å²) in [5.74, 6) is -6.48. The molecule has 2 unspecified atom stereocenters. The Kier molecular flexibility index (Phi) is 10.0. The third-order valence-electron chi connectivity index (χ3n) is 9.85. The number of esters is 6. The van der Waals surface area contributed by atoms with Crippen molar-refractivity contribution in [3.8, 4) is 0 Å². The number of rotatable bonds is 9. The minimum Gasteiger partial charge on any atom is -0.465 e. The standard InChI is InChI=1S/C36H41NO14/c1-19(38)45-18-35-28(47-21(3)40)25(46-20(2)39)16-34(7,44)36(35)29(48-22(4)41)26(33(5,6)51-36)27(49-32(43)24-14-11-15-37-17-24)30(35)50-31(42)23-12-9-8-10-13-23/h8-15,17,25-30,44H,16,18H2,1-7H3/t25-,26?,27+,28-,29+,30-,34-,35-,36?/m0/s1. The van der Waals surface area contributed by atoms with Crippen LogP contribution in [0.1, 0.15) is 75.6 Å². The van der Waals surface area contributed by atoms with Crippen LogP contribution in [0.5, 0.6) is 0 Å². The Morgan fingerprint density at radius 1 is 0.745 bits per heavy atom. The van der Waals surface area contributed by atoms with Crippen LogP contribution in [-0.4, -0.2) is 99.8 Å². The molecule has 1 aromatic heterocycles. The molecule has 2 saturated carbocycles. The lowest BCUT2D eigenvalue weighted by molar-refractivity contribution is -0.362. The SMILES string of the molecule is CC(=O)OC[C@@]12[C@@H](OC(C)=O)[C@@H](OC(C)=O)C[C@](C)(O)C13OC(C)(C)C([C@@H](OC(=O)c1cccnc1)[C@@H]2OC(=O)c1ccccc1)[C@H]3OC(C)=O. The molecule has 1 saturated heterocycles. The fourth-order valence-electron chi connectivity index (χ4n) is 8.30. The van der Waals surface area contributed by atoms with Crippen LogP contribution >= 0.6 is 0 Å². The van der Waals surface area contributed by atoms with E-state index in [2.05, 4.69) is 4.98 Å². The number of benzene rings is 1. The molecule has 0 amide bonds. The normalized spacial score (nSPS) is 33.1. The van der Waals surface area contributed by atoms with Crippen LogP contribution < -0.4 is 0 Å². The van der Waals surface area contributed by atoms with Crippen molar-refractivity contribution in [1.82, 2.24) is 4.98 Å². The predicted octanol–water partition coefficient (Wildman–Crippen LogP) is 2.51. The molecule has 9 atom stereocenters. The molecule has 15 heteroatoms. The topological polar surface area (TPSA) is 200 Å². The van der Waals surface area contributed by atoms with Crippen molar-refractivity contribution in [2.75, 3.05) is 6.61 Å². The highest BCUT2D eigenvalue weighted by molar-refractivity contribution is 5.90. The van der Waals surface area contributed by atoms with E-state index in [0.29, 0.717) is 0 Å². The second kappa shape index (κ2) is 13.7. The average Bonchev–Trinajstić information content (AvgIpc) is 3.24. The maximum atomic E-state index is 14.1. The highest BCUT2D eigenvalue weighted by Crippen LogP contribution is 2.69. The Morgan fingerprint density at radius 3 is 1.90 bits per heavy atom. The Morgan fingerprint density at radius 2 is 1.33 bits per heavy atom. The van der Waals surface area contributed by atoms with Crippen LogP contribution in [0, 0.1) is 11.3 Å². The molecular formula is C36H41NO14. The summed E-state index contributed by atoms with van der Waals surface area (Å²) in [5, 5.41) is 12.7. The van der Waals surface area contributed by atoms with Crippen LogP contribution in [0.4, 0.5) is 0 Å². The first-order valence-corrected chi connectivity index (χ1v) is 16.3. The van der Waals surface area contributed by atoms with Gasteiger partial charge in [0.15, 0.2) is 17.8 Å². The molecule has 2 aliphatic carbocycles. The van der Waals surface area contributed by atoms with Crippen molar-refractivity contribution >= 4 is 35.8 Å². The number of nitrogens with zero attached hydrogens (tertiary/aromatic N) is 1. The highest BCUT2D eigenvalue weighted by Gasteiger charge is 2.89. The van der Waals surface area contributed by atoms with Crippen molar-refractivity contribution in [2.45, 2.75) is 102 Å². The number of carbonyl (C=O) groups excluding carboxylic acids is 6. The van der Waals surface area contributed by atoms with Gasteiger partial charge in [-0.25, -0.2) is 9.59 Å². The summed E-state index contributed by atoms with van der Waals surface area (Å²) in [6.45, 7) is 8.07. The first-order valence-electron chi connectivity index (χ1n) is 16.3. The van der Waals surface area contributed by atoms with E-state index in [1.165, 1.54) is 43.6 Å². The van der Waals surface area contributed by atoms with Crippen molar-refractivity contribution in [1.29, 1.82) is 0 Å². The Labute approximate surface area is 293 Å². The minimum absolute atomic E-state index is 0.00207. The molecule has 3 aliphatic rings. The number of aliphatic hydroxyl groups is 1. The van der Waals surface area contributed by atoms with E-state index < -0.39 is 107 Å². The predicted molar refractivity (Wildman–Crippen MR) is 171 cm³/mol. The summed E-state index contributed by atoms with van der Waals surface area (Å²) in [5.41, 5.74) is -8.18. The summed E-state index contributed by atoms with van der Waals surface area (Å²) in [6, 6.07) is 10.7. The molecule has 15 nitrogen and oxygen atoms in total. The van der Waals surface area contributed by atoms with Gasteiger partial charge in [-0.1, -0.05) is 18.2 Å². The summed E-state index contributed by atoms with van der Waals surface area (Å²) < 4.78 is 42.7. The lowest BCUT2D eigenvalue weighted by Crippen LogP contribution is -2.85. The number of pyridine rings is 1. The molecule has 1 spiro atoms. The van der Waals surface area contributed by atoms with Crippen LogP contribution in [0.2, 0.25) is 0 Å². The summed E-state index contributed by atoms with van der Waals surface area (Å²) >= 11 is 0. The molecule has 1 aliphatic heterocycles. The van der Waals surface area contributed by atoms with Crippen LogP contribution in [0.25, 0.3) is 0 Å². The van der Waals surface area contributed by atoms with E-state index >= 15 is 0 Å². The van der Waals surface area contributed by atoms with E-state index in [4.69, 9.17) is 33.2 Å². The van der Waals surface area contributed by atoms with Crippen molar-refractivity contribution in [3.05, 3.63) is 66.0 Å². The molecule has 3 fully saturated rings. The molecule has 2 heterocycles. The Hall–Kier alpha value is -4.89. The third kappa shape index (κ3) is 6.44. The second-order valence-corrected chi connectivity index (χ2v) is 13.8. The summed E-state index contributed by atoms with van der Waals surface area (Å²) in [7, 11) is 0. The minimum atomic E-state index is -2.32. The molecule has 274 valence electrons. The maximum Gasteiger partial charge on any atom is 0.340 e. The number of hydrogen-bond acceptors (Lipinski definition) is 15. The highest BCUT2D eigenvalue weighted by atomic mass is 16.7. The van der Waals surface area contributed by atoms with Gasteiger partial charge in [0.2, 0.25) is 0 Å². The van der Waals surface area contributed by atoms with Gasteiger partial charge < -0.3 is 38.3 Å². The summed E-state index contributed by atoms with van der Waals surface area (Å²) in [6.07, 6.45) is -5.95. The molecule has 5 rings (SSSR count).